The SMILES string of the molecule is Cc1ccc(C)c(CS(=O)(=O)c2ccc3c(c2)c(=O)sn3C)c1. The summed E-state index contributed by atoms with van der Waals surface area (Å²) in [5, 5.41) is 0.458. The molecule has 0 aliphatic carbocycles. The molecule has 6 heteroatoms. The minimum atomic E-state index is -3.50. The third-order valence-corrected chi connectivity index (χ3v) is 6.48. The summed E-state index contributed by atoms with van der Waals surface area (Å²) >= 11 is 1.08. The summed E-state index contributed by atoms with van der Waals surface area (Å²) in [7, 11) is -1.70. The van der Waals surface area contributed by atoms with Crippen LogP contribution in [-0.4, -0.2) is 12.4 Å². The van der Waals surface area contributed by atoms with Crippen LogP contribution in [0.5, 0.6) is 0 Å². The van der Waals surface area contributed by atoms with Gasteiger partial charge in [-0.15, -0.1) is 0 Å². The van der Waals surface area contributed by atoms with Crippen LogP contribution in [0.2, 0.25) is 0 Å². The van der Waals surface area contributed by atoms with Gasteiger partial charge in [-0.3, -0.25) is 8.75 Å². The molecule has 0 N–H and O–H groups in total. The minimum Gasteiger partial charge on any atom is -0.297 e. The topological polar surface area (TPSA) is 56.1 Å². The van der Waals surface area contributed by atoms with Crippen LogP contribution in [0, 0.1) is 13.8 Å². The third-order valence-electron chi connectivity index (χ3n) is 3.96. The zero-order chi connectivity index (χ0) is 16.8. The van der Waals surface area contributed by atoms with Crippen molar-refractivity contribution in [2.45, 2.75) is 24.5 Å². The second kappa shape index (κ2) is 5.62. The number of nitrogens with zero attached hydrogens (tertiary/aromatic N) is 1. The van der Waals surface area contributed by atoms with Crippen LogP contribution in [0.4, 0.5) is 0 Å². The van der Waals surface area contributed by atoms with Crippen molar-refractivity contribution in [1.82, 2.24) is 3.96 Å². The number of aromatic nitrogens is 1. The van der Waals surface area contributed by atoms with Crippen LogP contribution in [0.25, 0.3) is 10.9 Å². The lowest BCUT2D eigenvalue weighted by atomic mass is 10.1. The quantitative estimate of drug-likeness (QED) is 0.731. The van der Waals surface area contributed by atoms with Crippen LogP contribution in [-0.2, 0) is 22.6 Å². The summed E-state index contributed by atoms with van der Waals surface area (Å²) in [5.74, 6) is -0.0591. The van der Waals surface area contributed by atoms with Crippen molar-refractivity contribution in [2.24, 2.45) is 7.05 Å². The molecule has 120 valence electrons. The first-order valence-corrected chi connectivity index (χ1v) is 9.59. The Balaban J connectivity index is 2.07. The monoisotopic (exact) mass is 347 g/mol. The zero-order valence-corrected chi connectivity index (χ0v) is 14.8. The lowest BCUT2D eigenvalue weighted by molar-refractivity contribution is 0.595. The van der Waals surface area contributed by atoms with E-state index in [4.69, 9.17) is 0 Å². The molecule has 1 heterocycles. The van der Waals surface area contributed by atoms with E-state index in [2.05, 4.69) is 0 Å². The van der Waals surface area contributed by atoms with Crippen LogP contribution in [0.15, 0.2) is 46.1 Å². The second-order valence-corrected chi connectivity index (χ2v) is 8.83. The van der Waals surface area contributed by atoms with Gasteiger partial charge < -0.3 is 0 Å². The second-order valence-electron chi connectivity index (χ2n) is 5.74. The Bertz CT molecular complexity index is 1060. The van der Waals surface area contributed by atoms with Crippen LogP contribution >= 0.6 is 11.5 Å². The van der Waals surface area contributed by atoms with Gasteiger partial charge in [0.2, 0.25) is 0 Å². The number of sulfone groups is 1. The number of benzene rings is 2. The number of fused-ring (bicyclic) bond motifs is 1. The molecule has 23 heavy (non-hydrogen) atoms. The Morgan fingerprint density at radius 1 is 1.09 bits per heavy atom. The van der Waals surface area contributed by atoms with E-state index in [9.17, 15) is 13.2 Å². The highest BCUT2D eigenvalue weighted by molar-refractivity contribution is 7.90. The fourth-order valence-electron chi connectivity index (χ4n) is 2.61. The van der Waals surface area contributed by atoms with Crippen LogP contribution in [0.3, 0.4) is 0 Å². The van der Waals surface area contributed by atoms with E-state index in [1.54, 1.807) is 23.1 Å². The van der Waals surface area contributed by atoms with Gasteiger partial charge in [0.05, 0.1) is 21.6 Å². The molecule has 0 aliphatic rings. The highest BCUT2D eigenvalue weighted by Crippen LogP contribution is 2.23. The van der Waals surface area contributed by atoms with Gasteiger partial charge in [0, 0.05) is 7.05 Å². The van der Waals surface area contributed by atoms with E-state index in [-0.39, 0.29) is 15.4 Å². The van der Waals surface area contributed by atoms with E-state index in [0.717, 1.165) is 33.7 Å². The molecule has 0 amide bonds. The van der Waals surface area contributed by atoms with Crippen molar-refractivity contribution in [3.8, 4) is 0 Å². The van der Waals surface area contributed by atoms with Crippen molar-refractivity contribution in [3.05, 3.63) is 62.6 Å². The number of aryl methyl sites for hydroxylation is 3. The third kappa shape index (κ3) is 2.96. The fraction of sp³-hybridized carbons (Fsp3) is 0.235. The fourth-order valence-corrected chi connectivity index (χ4v) is 4.84. The van der Waals surface area contributed by atoms with Crippen molar-refractivity contribution in [1.29, 1.82) is 0 Å². The van der Waals surface area contributed by atoms with E-state index in [1.807, 2.05) is 32.0 Å². The summed E-state index contributed by atoms with van der Waals surface area (Å²) in [6, 6.07) is 10.6. The molecule has 0 bridgehead atoms. The molecule has 0 radical (unpaired) electrons. The highest BCUT2D eigenvalue weighted by atomic mass is 32.2. The molecule has 0 fully saturated rings. The smallest absolute Gasteiger partial charge is 0.257 e. The van der Waals surface area contributed by atoms with Crippen LogP contribution < -0.4 is 4.74 Å². The van der Waals surface area contributed by atoms with E-state index in [1.165, 1.54) is 6.07 Å². The summed E-state index contributed by atoms with van der Waals surface area (Å²) in [6.07, 6.45) is 0. The highest BCUT2D eigenvalue weighted by Gasteiger charge is 2.18. The lowest BCUT2D eigenvalue weighted by Gasteiger charge is -2.09. The lowest BCUT2D eigenvalue weighted by Crippen LogP contribution is -2.07. The first kappa shape index (κ1) is 16.0. The summed E-state index contributed by atoms with van der Waals surface area (Å²) in [4.78, 5) is 12.1. The average molecular weight is 347 g/mol. The Morgan fingerprint density at radius 3 is 2.57 bits per heavy atom. The molecule has 0 unspecified atom stereocenters. The van der Waals surface area contributed by atoms with Gasteiger partial charge in [0.1, 0.15) is 0 Å². The van der Waals surface area contributed by atoms with E-state index in [0.29, 0.717) is 5.39 Å². The average Bonchev–Trinajstić information content (AvgIpc) is 2.77. The summed E-state index contributed by atoms with van der Waals surface area (Å²) < 4.78 is 27.1. The molecule has 4 nitrogen and oxygen atoms in total. The maximum Gasteiger partial charge on any atom is 0.257 e. The predicted octanol–water partition coefficient (Wildman–Crippen LogP) is 3.19. The predicted molar refractivity (Wildman–Crippen MR) is 93.9 cm³/mol. The molecule has 1 aromatic heterocycles. The van der Waals surface area contributed by atoms with Gasteiger partial charge in [-0.2, -0.15) is 0 Å². The molecule has 0 atom stereocenters. The summed E-state index contributed by atoms with van der Waals surface area (Å²) in [6.45, 7) is 3.85. The van der Waals surface area contributed by atoms with Crippen molar-refractivity contribution in [3.63, 3.8) is 0 Å². The number of rotatable bonds is 3. The van der Waals surface area contributed by atoms with Gasteiger partial charge >= 0.3 is 0 Å². The van der Waals surface area contributed by atoms with Crippen LogP contribution in [0.1, 0.15) is 16.7 Å². The molecule has 3 rings (SSSR count). The molecule has 0 saturated heterocycles. The molecule has 2 aromatic carbocycles. The van der Waals surface area contributed by atoms with Crippen molar-refractivity contribution < 1.29 is 8.42 Å². The number of hydrogen-bond donors (Lipinski definition) is 0. The van der Waals surface area contributed by atoms with Gasteiger partial charge in [-0.05, 0) is 54.7 Å². The molecule has 3 aromatic rings. The molecule has 0 spiro atoms. The van der Waals surface area contributed by atoms with Gasteiger partial charge in [-0.25, -0.2) is 8.42 Å². The van der Waals surface area contributed by atoms with Gasteiger partial charge in [0.15, 0.2) is 9.84 Å². The zero-order valence-electron chi connectivity index (χ0n) is 13.2. The Labute approximate surface area is 139 Å². The minimum absolute atomic E-state index is 0.0591. The maximum absolute atomic E-state index is 12.7. The standard InChI is InChI=1S/C17H17NO3S2/c1-11-4-5-12(2)13(8-11)10-23(20,21)14-6-7-16-15(9-14)17(19)22-18(16)3/h4-9H,10H2,1-3H3. The van der Waals surface area contributed by atoms with E-state index >= 15 is 0 Å². The summed E-state index contributed by atoms with van der Waals surface area (Å²) in [5.41, 5.74) is 3.53. The Morgan fingerprint density at radius 2 is 1.83 bits per heavy atom. The van der Waals surface area contributed by atoms with Crippen molar-refractivity contribution in [2.75, 3.05) is 0 Å². The van der Waals surface area contributed by atoms with E-state index < -0.39 is 9.84 Å². The van der Waals surface area contributed by atoms with Gasteiger partial charge in [0.25, 0.3) is 4.74 Å². The van der Waals surface area contributed by atoms with Crippen molar-refractivity contribution >= 4 is 32.3 Å². The molecule has 0 aliphatic heterocycles. The normalized spacial score (nSPS) is 12.0. The first-order valence-electron chi connectivity index (χ1n) is 7.17. The number of hydrogen-bond acceptors (Lipinski definition) is 4. The largest absolute Gasteiger partial charge is 0.297 e. The van der Waals surface area contributed by atoms with Gasteiger partial charge in [-0.1, -0.05) is 23.8 Å². The maximum atomic E-state index is 12.7. The molecule has 0 saturated carbocycles. The Hall–Kier alpha value is -1.92. The first-order chi connectivity index (χ1) is 10.8. The molecular weight excluding hydrogens is 330 g/mol. The Kier molecular flexibility index (Phi) is 3.90. The molecular formula is C17H17NO3S2.